The molecule has 0 spiro atoms. The van der Waals surface area contributed by atoms with Crippen molar-refractivity contribution in [2.24, 2.45) is 5.73 Å². The van der Waals surface area contributed by atoms with Crippen LogP contribution in [0.1, 0.15) is 25.7 Å². The van der Waals surface area contributed by atoms with Crippen molar-refractivity contribution in [2.45, 2.75) is 37.8 Å². The molecule has 0 aromatic heterocycles. The molecule has 4 heteroatoms. The van der Waals surface area contributed by atoms with Gasteiger partial charge in [-0.2, -0.15) is 0 Å². The Balaban J connectivity index is 2.35. The Kier molecular flexibility index (Phi) is 2.70. The lowest BCUT2D eigenvalue weighted by molar-refractivity contribution is 0.0263. The van der Waals surface area contributed by atoms with E-state index in [-0.39, 0.29) is 12.1 Å². The zero-order valence-corrected chi connectivity index (χ0v) is 6.32. The molecule has 0 aromatic rings. The number of nitrogens with two attached hydrogens (primary N) is 1. The summed E-state index contributed by atoms with van der Waals surface area (Å²) in [5.74, 6) is 0. The smallest absolute Gasteiger partial charge is 0.450 e. The van der Waals surface area contributed by atoms with Crippen LogP contribution < -0.4 is 5.73 Å². The summed E-state index contributed by atoms with van der Waals surface area (Å²) < 4.78 is 4.60. The summed E-state index contributed by atoms with van der Waals surface area (Å²) in [6, 6.07) is -0.0974. The lowest BCUT2D eigenvalue weighted by atomic mass is 9.93. The van der Waals surface area contributed by atoms with Crippen molar-refractivity contribution in [2.75, 3.05) is 0 Å². The lowest BCUT2D eigenvalue weighted by Gasteiger charge is -2.26. The third-order valence-electron chi connectivity index (χ3n) is 2.01. The molecule has 4 nitrogen and oxygen atoms in total. The topological polar surface area (TPSA) is 72.5 Å². The number of hydrogen-bond acceptors (Lipinski definition) is 3. The molecule has 0 saturated heterocycles. The molecule has 0 aliphatic heterocycles. The number of ether oxygens (including phenoxy) is 1. The maximum atomic E-state index is 10.1. The van der Waals surface area contributed by atoms with Crippen LogP contribution in [0, 0.1) is 0 Å². The van der Waals surface area contributed by atoms with Crippen molar-refractivity contribution in [1.29, 1.82) is 0 Å². The van der Waals surface area contributed by atoms with Crippen molar-refractivity contribution in [3.8, 4) is 0 Å². The molecular weight excluding hydrogens is 146 g/mol. The minimum Gasteiger partial charge on any atom is -0.450 e. The first-order valence-corrected chi connectivity index (χ1v) is 3.85. The highest BCUT2D eigenvalue weighted by molar-refractivity contribution is 5.57. The van der Waals surface area contributed by atoms with Crippen molar-refractivity contribution in [1.82, 2.24) is 0 Å². The second-order valence-corrected chi connectivity index (χ2v) is 2.87. The molecule has 1 fully saturated rings. The van der Waals surface area contributed by atoms with Gasteiger partial charge in [0.15, 0.2) is 0 Å². The lowest BCUT2D eigenvalue weighted by Crippen LogP contribution is -2.40. The van der Waals surface area contributed by atoms with E-state index in [1.807, 2.05) is 0 Å². The summed E-state index contributed by atoms with van der Waals surface area (Å²) >= 11 is 0. The Morgan fingerprint density at radius 3 is 2.64 bits per heavy atom. The summed E-state index contributed by atoms with van der Waals surface area (Å²) in [7, 11) is 0. The van der Waals surface area contributed by atoms with Crippen molar-refractivity contribution < 1.29 is 14.6 Å². The molecule has 1 saturated carbocycles. The van der Waals surface area contributed by atoms with Gasteiger partial charge in [0.05, 0.1) is 0 Å². The van der Waals surface area contributed by atoms with E-state index < -0.39 is 6.16 Å². The third-order valence-corrected chi connectivity index (χ3v) is 2.01. The van der Waals surface area contributed by atoms with Gasteiger partial charge in [-0.3, -0.25) is 0 Å². The van der Waals surface area contributed by atoms with Gasteiger partial charge in [0.1, 0.15) is 6.10 Å². The zero-order valence-electron chi connectivity index (χ0n) is 6.32. The van der Waals surface area contributed by atoms with Crippen LogP contribution in [0.15, 0.2) is 0 Å². The Morgan fingerprint density at radius 1 is 1.45 bits per heavy atom. The minimum atomic E-state index is -1.22. The van der Waals surface area contributed by atoms with E-state index in [0.29, 0.717) is 0 Å². The maximum absolute atomic E-state index is 10.1. The highest BCUT2D eigenvalue weighted by Crippen LogP contribution is 2.19. The van der Waals surface area contributed by atoms with Crippen molar-refractivity contribution in [3.05, 3.63) is 0 Å². The number of hydrogen-bond donors (Lipinski definition) is 2. The van der Waals surface area contributed by atoms with Gasteiger partial charge in [-0.25, -0.2) is 4.79 Å². The van der Waals surface area contributed by atoms with Crippen LogP contribution in [0.4, 0.5) is 4.79 Å². The van der Waals surface area contributed by atoms with Crippen LogP contribution in [-0.4, -0.2) is 23.4 Å². The molecule has 1 rings (SSSR count). The van der Waals surface area contributed by atoms with Gasteiger partial charge < -0.3 is 15.6 Å². The molecular formula is C7H13NO3. The van der Waals surface area contributed by atoms with E-state index in [1.54, 1.807) is 0 Å². The second kappa shape index (κ2) is 3.57. The SMILES string of the molecule is NC1CCCCC1OC(=O)O. The molecule has 3 N–H and O–H groups in total. The van der Waals surface area contributed by atoms with Crippen LogP contribution in [0.5, 0.6) is 0 Å². The van der Waals surface area contributed by atoms with Crippen LogP contribution in [0.25, 0.3) is 0 Å². The average Bonchev–Trinajstić information content (AvgIpc) is 1.93. The quantitative estimate of drug-likeness (QED) is 0.559. The van der Waals surface area contributed by atoms with E-state index in [2.05, 4.69) is 4.74 Å². The van der Waals surface area contributed by atoms with Crippen LogP contribution in [0.3, 0.4) is 0 Å². The van der Waals surface area contributed by atoms with E-state index in [0.717, 1.165) is 25.7 Å². The first-order valence-electron chi connectivity index (χ1n) is 3.85. The molecule has 0 aromatic carbocycles. The highest BCUT2D eigenvalue weighted by Gasteiger charge is 2.24. The second-order valence-electron chi connectivity index (χ2n) is 2.87. The van der Waals surface area contributed by atoms with Crippen LogP contribution >= 0.6 is 0 Å². The predicted molar refractivity (Wildman–Crippen MR) is 39.3 cm³/mol. The molecule has 1 aliphatic rings. The van der Waals surface area contributed by atoms with E-state index >= 15 is 0 Å². The molecule has 2 atom stereocenters. The van der Waals surface area contributed by atoms with E-state index in [4.69, 9.17) is 10.8 Å². The predicted octanol–water partition coefficient (Wildman–Crippen LogP) is 0.951. The number of rotatable bonds is 1. The largest absolute Gasteiger partial charge is 0.506 e. The Hall–Kier alpha value is -0.770. The molecule has 0 radical (unpaired) electrons. The molecule has 0 amide bonds. The average molecular weight is 159 g/mol. The summed E-state index contributed by atoms with van der Waals surface area (Å²) in [6.07, 6.45) is 2.26. The third kappa shape index (κ3) is 2.38. The molecule has 0 bridgehead atoms. The van der Waals surface area contributed by atoms with Gasteiger partial charge in [0.25, 0.3) is 0 Å². The number of carboxylic acid groups (broad SMARTS) is 1. The van der Waals surface area contributed by atoms with Crippen LogP contribution in [0.2, 0.25) is 0 Å². The van der Waals surface area contributed by atoms with Gasteiger partial charge in [-0.05, 0) is 19.3 Å². The highest BCUT2D eigenvalue weighted by atomic mass is 16.7. The fraction of sp³-hybridized carbons (Fsp3) is 0.857. The molecule has 1 aliphatic carbocycles. The van der Waals surface area contributed by atoms with Crippen LogP contribution in [-0.2, 0) is 4.74 Å². The van der Waals surface area contributed by atoms with E-state index in [1.165, 1.54) is 0 Å². The Bertz CT molecular complexity index is 149. The van der Waals surface area contributed by atoms with Gasteiger partial charge in [-0.1, -0.05) is 6.42 Å². The Morgan fingerprint density at radius 2 is 2.09 bits per heavy atom. The summed E-state index contributed by atoms with van der Waals surface area (Å²) in [5, 5.41) is 8.31. The zero-order chi connectivity index (χ0) is 8.27. The minimum absolute atomic E-state index is 0.0974. The molecule has 64 valence electrons. The van der Waals surface area contributed by atoms with Gasteiger partial charge in [0.2, 0.25) is 0 Å². The normalized spacial score (nSPS) is 31.4. The van der Waals surface area contributed by atoms with Gasteiger partial charge >= 0.3 is 6.16 Å². The van der Waals surface area contributed by atoms with Gasteiger partial charge in [-0.15, -0.1) is 0 Å². The molecule has 11 heavy (non-hydrogen) atoms. The fourth-order valence-corrected chi connectivity index (χ4v) is 1.40. The monoisotopic (exact) mass is 159 g/mol. The Labute approximate surface area is 65.3 Å². The summed E-state index contributed by atoms with van der Waals surface area (Å²) in [6.45, 7) is 0. The van der Waals surface area contributed by atoms with Crippen molar-refractivity contribution >= 4 is 6.16 Å². The first-order chi connectivity index (χ1) is 5.20. The van der Waals surface area contributed by atoms with Gasteiger partial charge in [0, 0.05) is 6.04 Å². The standard InChI is InChI=1S/C7H13NO3/c8-5-3-1-2-4-6(5)11-7(9)10/h5-6H,1-4,8H2,(H,9,10). The maximum Gasteiger partial charge on any atom is 0.506 e. The number of carbonyl (C=O) groups is 1. The summed E-state index contributed by atoms with van der Waals surface area (Å²) in [4.78, 5) is 10.1. The van der Waals surface area contributed by atoms with E-state index in [9.17, 15) is 4.79 Å². The fourth-order valence-electron chi connectivity index (χ4n) is 1.40. The summed E-state index contributed by atoms with van der Waals surface area (Å²) in [5.41, 5.74) is 5.64. The molecule has 2 unspecified atom stereocenters. The molecule has 0 heterocycles. The van der Waals surface area contributed by atoms with Crippen molar-refractivity contribution in [3.63, 3.8) is 0 Å². The first kappa shape index (κ1) is 8.33.